The number of allylic oxidation sites excluding steroid dienone is 1. The van der Waals surface area contributed by atoms with E-state index in [1.807, 2.05) is 6.07 Å². The molecule has 1 saturated carbocycles. The van der Waals surface area contributed by atoms with E-state index in [1.165, 1.54) is 0 Å². The molecular weight excluding hydrogens is 358 g/mol. The van der Waals surface area contributed by atoms with Crippen LogP contribution in [0, 0.1) is 22.0 Å². The Morgan fingerprint density at radius 1 is 1.18 bits per heavy atom. The number of rotatable bonds is 6. The van der Waals surface area contributed by atoms with Gasteiger partial charge in [0, 0.05) is 18.7 Å². The van der Waals surface area contributed by atoms with E-state index in [1.54, 1.807) is 23.1 Å². The standard InChI is InChI=1S/C19H29N7O2/c20-10-12-4-6-13(7-5-12)11-25-18(22)17(26(27)28)16(24-19(25)23)9-14-2-1-3-15(21)8-14/h1-3,8,12-13,18H,4-7,9-11,20-22H2,(H2,23,24). The van der Waals surface area contributed by atoms with E-state index < -0.39 is 11.1 Å². The molecule has 1 heterocycles. The normalized spacial score (nSPS) is 25.6. The van der Waals surface area contributed by atoms with Crippen LogP contribution in [0.5, 0.6) is 0 Å². The number of aliphatic imine (C=N–C) groups is 1. The summed E-state index contributed by atoms with van der Waals surface area (Å²) in [6.07, 6.45) is 3.51. The maximum Gasteiger partial charge on any atom is 0.304 e. The first-order chi connectivity index (χ1) is 13.4. The van der Waals surface area contributed by atoms with Gasteiger partial charge in [-0.3, -0.25) is 10.1 Å². The van der Waals surface area contributed by atoms with Crippen LogP contribution in [0.2, 0.25) is 0 Å². The van der Waals surface area contributed by atoms with Gasteiger partial charge in [-0.15, -0.1) is 0 Å². The molecule has 9 nitrogen and oxygen atoms in total. The fourth-order valence-electron chi connectivity index (χ4n) is 4.10. The van der Waals surface area contributed by atoms with Crippen molar-refractivity contribution in [3.63, 3.8) is 0 Å². The molecular formula is C19H29N7O2. The minimum atomic E-state index is -0.921. The van der Waals surface area contributed by atoms with Crippen LogP contribution < -0.4 is 22.9 Å². The molecule has 1 aromatic carbocycles. The second-order valence-corrected chi connectivity index (χ2v) is 7.70. The largest absolute Gasteiger partial charge is 0.399 e. The first-order valence-corrected chi connectivity index (χ1v) is 9.67. The lowest BCUT2D eigenvalue weighted by Gasteiger charge is -2.36. The van der Waals surface area contributed by atoms with E-state index in [0.29, 0.717) is 30.6 Å². The van der Waals surface area contributed by atoms with Crippen LogP contribution in [0.15, 0.2) is 40.7 Å². The van der Waals surface area contributed by atoms with Crippen LogP contribution in [0.25, 0.3) is 0 Å². The number of hydrogen-bond donors (Lipinski definition) is 4. The lowest BCUT2D eigenvalue weighted by molar-refractivity contribution is -0.434. The average molecular weight is 387 g/mol. The van der Waals surface area contributed by atoms with Crippen molar-refractivity contribution < 1.29 is 4.92 Å². The molecule has 1 atom stereocenters. The van der Waals surface area contributed by atoms with E-state index >= 15 is 0 Å². The van der Waals surface area contributed by atoms with Crippen molar-refractivity contribution >= 4 is 11.6 Å². The topological polar surface area (TPSA) is 163 Å². The van der Waals surface area contributed by atoms with Crippen molar-refractivity contribution in [1.29, 1.82) is 0 Å². The molecule has 0 radical (unpaired) electrons. The highest BCUT2D eigenvalue weighted by Gasteiger charge is 2.38. The van der Waals surface area contributed by atoms with E-state index in [4.69, 9.17) is 22.9 Å². The highest BCUT2D eigenvalue weighted by atomic mass is 16.6. The van der Waals surface area contributed by atoms with Crippen molar-refractivity contribution in [3.05, 3.63) is 51.3 Å². The van der Waals surface area contributed by atoms with Gasteiger partial charge in [-0.05, 0) is 61.8 Å². The summed E-state index contributed by atoms with van der Waals surface area (Å²) in [4.78, 5) is 17.3. The van der Waals surface area contributed by atoms with Gasteiger partial charge in [0.25, 0.3) is 0 Å². The van der Waals surface area contributed by atoms with Gasteiger partial charge in [0.1, 0.15) is 5.70 Å². The average Bonchev–Trinajstić information content (AvgIpc) is 2.65. The highest BCUT2D eigenvalue weighted by Crippen LogP contribution is 2.31. The number of nitrogen functional groups attached to an aromatic ring is 1. The van der Waals surface area contributed by atoms with Gasteiger partial charge in [-0.2, -0.15) is 0 Å². The van der Waals surface area contributed by atoms with Crippen molar-refractivity contribution in [1.82, 2.24) is 4.90 Å². The molecule has 28 heavy (non-hydrogen) atoms. The van der Waals surface area contributed by atoms with Gasteiger partial charge in [0.15, 0.2) is 12.1 Å². The Balaban J connectivity index is 1.78. The molecule has 0 saturated heterocycles. The molecule has 1 fully saturated rings. The Morgan fingerprint density at radius 2 is 1.86 bits per heavy atom. The quantitative estimate of drug-likeness (QED) is 0.321. The Hall–Kier alpha value is -2.65. The highest BCUT2D eigenvalue weighted by molar-refractivity contribution is 5.81. The Bertz CT molecular complexity index is 784. The van der Waals surface area contributed by atoms with Crippen LogP contribution in [0.1, 0.15) is 31.2 Å². The molecule has 3 rings (SSSR count). The molecule has 8 N–H and O–H groups in total. The Kier molecular flexibility index (Phi) is 6.15. The molecule has 1 aromatic rings. The molecule has 0 bridgehead atoms. The van der Waals surface area contributed by atoms with Crippen molar-refractivity contribution in [2.75, 3.05) is 18.8 Å². The number of benzene rings is 1. The molecule has 9 heteroatoms. The van der Waals surface area contributed by atoms with E-state index in [0.717, 1.165) is 31.2 Å². The second-order valence-electron chi connectivity index (χ2n) is 7.70. The molecule has 152 valence electrons. The molecule has 0 amide bonds. The zero-order valence-corrected chi connectivity index (χ0v) is 16.0. The lowest BCUT2D eigenvalue weighted by Crippen LogP contribution is -2.55. The zero-order chi connectivity index (χ0) is 20.3. The lowest BCUT2D eigenvalue weighted by atomic mass is 9.82. The van der Waals surface area contributed by atoms with Crippen LogP contribution in [-0.2, 0) is 6.42 Å². The van der Waals surface area contributed by atoms with Gasteiger partial charge in [0.05, 0.1) is 4.92 Å². The number of nitro groups is 1. The smallest absolute Gasteiger partial charge is 0.304 e. The summed E-state index contributed by atoms with van der Waals surface area (Å²) in [5.74, 6) is 1.18. The molecule has 1 aliphatic heterocycles. The van der Waals surface area contributed by atoms with E-state index in [2.05, 4.69) is 4.99 Å². The van der Waals surface area contributed by atoms with Crippen molar-refractivity contribution in [3.8, 4) is 0 Å². The summed E-state index contributed by atoms with van der Waals surface area (Å²) in [5, 5.41) is 11.8. The maximum absolute atomic E-state index is 11.8. The first-order valence-electron chi connectivity index (χ1n) is 9.67. The Morgan fingerprint density at radius 3 is 2.46 bits per heavy atom. The van der Waals surface area contributed by atoms with Crippen molar-refractivity contribution in [2.24, 2.45) is 34.0 Å². The second kappa shape index (κ2) is 8.57. The molecule has 2 aliphatic rings. The van der Waals surface area contributed by atoms with Gasteiger partial charge >= 0.3 is 5.70 Å². The molecule has 0 spiro atoms. The minimum absolute atomic E-state index is 0.104. The number of anilines is 1. The third kappa shape index (κ3) is 4.42. The fourth-order valence-corrected chi connectivity index (χ4v) is 4.10. The number of guanidine groups is 1. The monoisotopic (exact) mass is 387 g/mol. The van der Waals surface area contributed by atoms with Gasteiger partial charge in [-0.25, -0.2) is 4.99 Å². The first kappa shape index (κ1) is 20.1. The molecule has 1 aliphatic carbocycles. The number of nitrogens with two attached hydrogens (primary N) is 4. The predicted octanol–water partition coefficient (Wildman–Crippen LogP) is 0.980. The van der Waals surface area contributed by atoms with Gasteiger partial charge in [-0.1, -0.05) is 12.1 Å². The molecule has 1 unspecified atom stereocenters. The van der Waals surface area contributed by atoms with Crippen LogP contribution >= 0.6 is 0 Å². The van der Waals surface area contributed by atoms with Gasteiger partial charge in [0.2, 0.25) is 0 Å². The number of nitrogens with zero attached hydrogens (tertiary/aromatic N) is 3. The Labute approximate surface area is 164 Å². The molecule has 0 aromatic heterocycles. The predicted molar refractivity (Wildman–Crippen MR) is 109 cm³/mol. The summed E-state index contributed by atoms with van der Waals surface area (Å²) in [6.45, 7) is 1.28. The fraction of sp³-hybridized carbons (Fsp3) is 0.526. The van der Waals surface area contributed by atoms with Gasteiger partial charge < -0.3 is 27.8 Å². The van der Waals surface area contributed by atoms with Crippen LogP contribution in [-0.4, -0.2) is 35.0 Å². The zero-order valence-electron chi connectivity index (χ0n) is 16.0. The summed E-state index contributed by atoms with van der Waals surface area (Å²) >= 11 is 0. The summed E-state index contributed by atoms with van der Waals surface area (Å²) in [7, 11) is 0. The van der Waals surface area contributed by atoms with E-state index in [9.17, 15) is 10.1 Å². The minimum Gasteiger partial charge on any atom is -0.399 e. The number of hydrogen-bond acceptors (Lipinski definition) is 8. The van der Waals surface area contributed by atoms with Crippen molar-refractivity contribution in [2.45, 2.75) is 38.3 Å². The third-order valence-electron chi connectivity index (χ3n) is 5.73. The summed E-state index contributed by atoms with van der Waals surface area (Å²) in [6, 6.07) is 7.18. The third-order valence-corrected chi connectivity index (χ3v) is 5.73. The maximum atomic E-state index is 11.8. The van der Waals surface area contributed by atoms with E-state index in [-0.39, 0.29) is 23.8 Å². The van der Waals surface area contributed by atoms with Crippen LogP contribution in [0.3, 0.4) is 0 Å². The summed E-state index contributed by atoms with van der Waals surface area (Å²) in [5.41, 5.74) is 25.6. The summed E-state index contributed by atoms with van der Waals surface area (Å²) < 4.78 is 0. The van der Waals surface area contributed by atoms with Crippen LogP contribution in [0.4, 0.5) is 5.69 Å². The SMILES string of the molecule is NCC1CCC(CN2C(N)=NC(Cc3cccc(N)c3)=C([N+](=O)[O-])C2N)CC1.